The van der Waals surface area contributed by atoms with Crippen LogP contribution in [0.15, 0.2) is 47.6 Å². The molecule has 0 spiro atoms. The molecular weight excluding hydrogens is 384 g/mol. The maximum absolute atomic E-state index is 13.5. The third kappa shape index (κ3) is 3.32. The van der Waals surface area contributed by atoms with Gasteiger partial charge in [0.15, 0.2) is 5.78 Å². The highest BCUT2D eigenvalue weighted by molar-refractivity contribution is 6.05. The van der Waals surface area contributed by atoms with Gasteiger partial charge in [-0.15, -0.1) is 0 Å². The largest absolute Gasteiger partial charge is 0.462 e. The van der Waals surface area contributed by atoms with Gasteiger partial charge < -0.3 is 4.74 Å². The second-order valence-electron chi connectivity index (χ2n) is 10.8. The van der Waals surface area contributed by atoms with E-state index < -0.39 is 0 Å². The molecular formula is C28H34O3. The fourth-order valence-electron chi connectivity index (χ4n) is 7.51. The van der Waals surface area contributed by atoms with E-state index >= 15 is 0 Å². The van der Waals surface area contributed by atoms with E-state index in [1.165, 1.54) is 12.5 Å². The normalized spacial score (nSPS) is 40.5. The second kappa shape index (κ2) is 7.46. The van der Waals surface area contributed by atoms with Crippen molar-refractivity contribution in [3.05, 3.63) is 53.1 Å². The average Bonchev–Trinajstić information content (AvgIpc) is 2.99. The second-order valence-corrected chi connectivity index (χ2v) is 10.8. The fraction of sp³-hybridized carbons (Fsp3) is 0.571. The van der Waals surface area contributed by atoms with Crippen molar-refractivity contribution >= 4 is 17.8 Å². The molecule has 0 unspecified atom stereocenters. The van der Waals surface area contributed by atoms with Crippen molar-refractivity contribution < 1.29 is 14.3 Å². The molecule has 0 radical (unpaired) electrons. The van der Waals surface area contributed by atoms with E-state index in [1.54, 1.807) is 0 Å². The number of hydrogen-bond acceptors (Lipinski definition) is 3. The molecule has 0 saturated heterocycles. The lowest BCUT2D eigenvalue weighted by Crippen LogP contribution is -2.50. The van der Waals surface area contributed by atoms with E-state index in [0.717, 1.165) is 56.1 Å². The summed E-state index contributed by atoms with van der Waals surface area (Å²) in [5.74, 6) is 1.86. The van der Waals surface area contributed by atoms with Gasteiger partial charge in [0.2, 0.25) is 0 Å². The molecule has 0 amide bonds. The molecule has 31 heavy (non-hydrogen) atoms. The number of rotatable bonds is 2. The van der Waals surface area contributed by atoms with Gasteiger partial charge in [-0.2, -0.15) is 0 Å². The Kier molecular flexibility index (Phi) is 4.99. The summed E-state index contributed by atoms with van der Waals surface area (Å²) in [7, 11) is 0. The molecule has 1 aromatic carbocycles. The summed E-state index contributed by atoms with van der Waals surface area (Å²) in [6.07, 6.45) is 11.7. The van der Waals surface area contributed by atoms with Crippen LogP contribution in [0, 0.1) is 28.6 Å². The Hall–Kier alpha value is -2.16. The van der Waals surface area contributed by atoms with Crippen LogP contribution in [-0.4, -0.2) is 17.9 Å². The predicted molar refractivity (Wildman–Crippen MR) is 122 cm³/mol. The molecule has 6 atom stereocenters. The van der Waals surface area contributed by atoms with Crippen molar-refractivity contribution in [3.8, 4) is 0 Å². The summed E-state index contributed by atoms with van der Waals surface area (Å²) < 4.78 is 5.56. The van der Waals surface area contributed by atoms with Crippen molar-refractivity contribution in [3.63, 3.8) is 0 Å². The molecule has 0 heterocycles. The smallest absolute Gasteiger partial charge is 0.302 e. The Morgan fingerprint density at radius 3 is 2.52 bits per heavy atom. The number of ketones is 1. The first-order valence-corrected chi connectivity index (χ1v) is 12.0. The topological polar surface area (TPSA) is 43.4 Å². The van der Waals surface area contributed by atoms with Gasteiger partial charge in [0, 0.05) is 18.8 Å². The number of benzene rings is 1. The van der Waals surface area contributed by atoms with Crippen molar-refractivity contribution in [2.45, 2.75) is 71.8 Å². The van der Waals surface area contributed by atoms with Crippen LogP contribution in [0.1, 0.15) is 71.3 Å². The molecule has 3 fully saturated rings. The molecule has 0 bridgehead atoms. The molecule has 3 saturated carbocycles. The molecule has 4 aliphatic carbocycles. The van der Waals surface area contributed by atoms with E-state index in [1.807, 2.05) is 18.2 Å². The molecule has 1 aromatic rings. The van der Waals surface area contributed by atoms with E-state index in [2.05, 4.69) is 38.1 Å². The van der Waals surface area contributed by atoms with Gasteiger partial charge in [-0.1, -0.05) is 55.8 Å². The zero-order valence-electron chi connectivity index (χ0n) is 19.0. The lowest BCUT2D eigenvalue weighted by molar-refractivity contribution is -0.148. The van der Waals surface area contributed by atoms with Gasteiger partial charge in [-0.25, -0.2) is 0 Å². The maximum Gasteiger partial charge on any atom is 0.302 e. The summed E-state index contributed by atoms with van der Waals surface area (Å²) in [6, 6.07) is 10.3. The highest BCUT2D eigenvalue weighted by Gasteiger charge is 2.59. The lowest BCUT2D eigenvalue weighted by atomic mass is 9.48. The third-order valence-electron chi connectivity index (χ3n) is 9.17. The summed E-state index contributed by atoms with van der Waals surface area (Å²) in [5, 5.41) is 0. The maximum atomic E-state index is 13.5. The number of carbonyl (C=O) groups is 2. The number of fused-ring (bicyclic) bond motifs is 5. The number of carbonyl (C=O) groups excluding carboxylic acids is 2. The van der Waals surface area contributed by atoms with E-state index in [9.17, 15) is 9.59 Å². The van der Waals surface area contributed by atoms with Crippen LogP contribution >= 0.6 is 0 Å². The zero-order chi connectivity index (χ0) is 21.8. The van der Waals surface area contributed by atoms with E-state index in [4.69, 9.17) is 4.74 Å². The minimum Gasteiger partial charge on any atom is -0.462 e. The van der Waals surface area contributed by atoms with Gasteiger partial charge in [-0.3, -0.25) is 9.59 Å². The standard InChI is InChI=1S/C28H34O3/c1-18(29)31-22-11-13-27(2)21(17-22)9-10-23-24(27)12-14-28(3)25(23)16-20(26(28)30)15-19-7-5-4-6-8-19/h4-9,15,22-25H,10-14,16-17H2,1-3H3/b20-15+/t22-,23+,24+,25-,27+,28+/m1/s1. The van der Waals surface area contributed by atoms with Crippen molar-refractivity contribution in [1.82, 2.24) is 0 Å². The van der Waals surface area contributed by atoms with Crippen molar-refractivity contribution in [2.24, 2.45) is 28.6 Å². The van der Waals surface area contributed by atoms with Crippen LogP contribution in [0.3, 0.4) is 0 Å². The molecule has 0 aliphatic heterocycles. The number of ether oxygens (including phenoxy) is 1. The number of hydrogen-bond donors (Lipinski definition) is 0. The molecule has 164 valence electrons. The molecule has 0 aromatic heterocycles. The van der Waals surface area contributed by atoms with Crippen LogP contribution in [0.5, 0.6) is 0 Å². The highest BCUT2D eigenvalue weighted by atomic mass is 16.5. The molecule has 5 rings (SSSR count). The van der Waals surface area contributed by atoms with Crippen molar-refractivity contribution in [2.75, 3.05) is 0 Å². The first kappa shape index (κ1) is 20.7. The Balaban J connectivity index is 1.42. The van der Waals surface area contributed by atoms with E-state index in [-0.39, 0.29) is 22.9 Å². The van der Waals surface area contributed by atoms with Crippen LogP contribution < -0.4 is 0 Å². The van der Waals surface area contributed by atoms with Crippen LogP contribution in [0.2, 0.25) is 0 Å². The summed E-state index contributed by atoms with van der Waals surface area (Å²) in [5.41, 5.74) is 3.64. The van der Waals surface area contributed by atoms with Gasteiger partial charge >= 0.3 is 5.97 Å². The highest BCUT2D eigenvalue weighted by Crippen LogP contribution is 2.64. The minimum absolute atomic E-state index is 0.0377. The Morgan fingerprint density at radius 2 is 1.77 bits per heavy atom. The number of Topliss-reactive ketones (excluding diaryl/α,β-unsaturated/α-hetero) is 1. The lowest BCUT2D eigenvalue weighted by Gasteiger charge is -2.56. The molecule has 3 heteroatoms. The first-order valence-electron chi connectivity index (χ1n) is 12.0. The van der Waals surface area contributed by atoms with Gasteiger partial charge in [0.25, 0.3) is 0 Å². The Morgan fingerprint density at radius 1 is 1.03 bits per heavy atom. The predicted octanol–water partition coefficient (Wildman–Crippen LogP) is 6.14. The van der Waals surface area contributed by atoms with Gasteiger partial charge in [0.1, 0.15) is 6.10 Å². The fourth-order valence-corrected chi connectivity index (χ4v) is 7.51. The average molecular weight is 419 g/mol. The van der Waals surface area contributed by atoms with Crippen LogP contribution in [-0.2, 0) is 14.3 Å². The van der Waals surface area contributed by atoms with E-state index in [0.29, 0.717) is 23.5 Å². The molecule has 0 N–H and O–H groups in total. The van der Waals surface area contributed by atoms with Crippen LogP contribution in [0.4, 0.5) is 0 Å². The number of allylic oxidation sites excluding steroid dienone is 2. The quantitative estimate of drug-likeness (QED) is 0.329. The molecule has 4 aliphatic rings. The van der Waals surface area contributed by atoms with Gasteiger partial charge in [0.05, 0.1) is 0 Å². The zero-order valence-corrected chi connectivity index (χ0v) is 19.0. The van der Waals surface area contributed by atoms with Crippen molar-refractivity contribution in [1.29, 1.82) is 0 Å². The summed E-state index contributed by atoms with van der Waals surface area (Å²) in [6.45, 7) is 6.19. The van der Waals surface area contributed by atoms with Crippen LogP contribution in [0.25, 0.3) is 6.08 Å². The molecule has 3 nitrogen and oxygen atoms in total. The number of esters is 1. The Bertz CT molecular complexity index is 958. The van der Waals surface area contributed by atoms with Gasteiger partial charge in [-0.05, 0) is 78.9 Å². The summed E-state index contributed by atoms with van der Waals surface area (Å²) >= 11 is 0. The summed E-state index contributed by atoms with van der Waals surface area (Å²) in [4.78, 5) is 25.0. The minimum atomic E-state index is -0.210. The third-order valence-corrected chi connectivity index (χ3v) is 9.17. The monoisotopic (exact) mass is 418 g/mol. The SMILES string of the molecule is CC(=O)O[C@@H]1CC[C@@]2(C)C(=CC[C@@H]3[C@H]4C/C(=C\c5ccccc5)C(=O)[C@@]4(C)CC[C@@H]32)C1. The Labute approximate surface area is 185 Å². The first-order chi connectivity index (χ1) is 14.8.